The molecule has 5 heteroatoms. The second-order valence-electron chi connectivity index (χ2n) is 5.55. The molecule has 1 aromatic rings. The maximum atomic E-state index is 11.4. The lowest BCUT2D eigenvalue weighted by Gasteiger charge is -2.22. The first-order valence-electron chi connectivity index (χ1n) is 6.66. The van der Waals surface area contributed by atoms with Crippen LogP contribution < -0.4 is 10.5 Å². The molecule has 1 rings (SSSR count). The van der Waals surface area contributed by atoms with Crippen LogP contribution >= 0.6 is 0 Å². The number of esters is 1. The number of carbonyl (C=O) groups excluding carboxylic acids is 1. The molecule has 0 aliphatic carbocycles. The molecule has 0 spiro atoms. The molecule has 0 saturated heterocycles. The number of carbonyl (C=O) groups is 1. The Labute approximate surface area is 119 Å². The van der Waals surface area contributed by atoms with Crippen molar-refractivity contribution in [1.82, 2.24) is 0 Å². The Hall–Kier alpha value is -1.75. The maximum absolute atomic E-state index is 11.4. The third kappa shape index (κ3) is 5.09. The summed E-state index contributed by atoms with van der Waals surface area (Å²) >= 11 is 0. The molecule has 0 unspecified atom stereocenters. The molecule has 1 atom stereocenters. The Morgan fingerprint density at radius 1 is 1.40 bits per heavy atom. The van der Waals surface area contributed by atoms with Gasteiger partial charge in [-0.15, -0.1) is 0 Å². The number of phenolic OH excluding ortho intramolecular Hbond substituents is 1. The van der Waals surface area contributed by atoms with Gasteiger partial charge in [0, 0.05) is 11.6 Å². The molecule has 5 nitrogen and oxygen atoms in total. The minimum absolute atomic E-state index is 0.0143. The van der Waals surface area contributed by atoms with Crippen LogP contribution in [0.2, 0.25) is 0 Å². The Bertz CT molecular complexity index is 465. The van der Waals surface area contributed by atoms with Crippen LogP contribution in [0.5, 0.6) is 11.5 Å². The lowest BCUT2D eigenvalue weighted by molar-refractivity contribution is -0.143. The van der Waals surface area contributed by atoms with E-state index in [9.17, 15) is 9.90 Å². The molecule has 0 aliphatic rings. The summed E-state index contributed by atoms with van der Waals surface area (Å²) in [6.07, 6.45) is 0.0143. The Balaban J connectivity index is 2.87. The van der Waals surface area contributed by atoms with E-state index >= 15 is 0 Å². The van der Waals surface area contributed by atoms with Gasteiger partial charge in [0.15, 0.2) is 0 Å². The number of aromatic hydroxyl groups is 1. The number of rotatable bonds is 5. The highest BCUT2D eigenvalue weighted by atomic mass is 16.5. The van der Waals surface area contributed by atoms with Crippen molar-refractivity contribution in [2.75, 3.05) is 6.61 Å². The summed E-state index contributed by atoms with van der Waals surface area (Å²) in [5.41, 5.74) is 6.07. The zero-order chi connectivity index (χ0) is 15.3. The zero-order valence-corrected chi connectivity index (χ0v) is 12.5. The Morgan fingerprint density at radius 3 is 2.60 bits per heavy atom. The standard InChI is InChI=1S/C15H23NO4/c1-5-19-14(18)9-12(16)11-8-10(6-7-13(11)17)20-15(2,3)4/h6-8,12,17H,5,9,16H2,1-4H3/t12-/m1/s1. The molecule has 112 valence electrons. The van der Waals surface area contributed by atoms with Crippen LogP contribution in [0.4, 0.5) is 0 Å². The number of nitrogens with two attached hydrogens (primary N) is 1. The van der Waals surface area contributed by atoms with Crippen molar-refractivity contribution in [3.63, 3.8) is 0 Å². The van der Waals surface area contributed by atoms with Crippen LogP contribution in [-0.2, 0) is 9.53 Å². The van der Waals surface area contributed by atoms with Crippen molar-refractivity contribution in [1.29, 1.82) is 0 Å². The molecule has 0 aliphatic heterocycles. The number of hydrogen-bond donors (Lipinski definition) is 2. The van der Waals surface area contributed by atoms with Gasteiger partial charge in [0.2, 0.25) is 0 Å². The van der Waals surface area contributed by atoms with Crippen molar-refractivity contribution in [2.24, 2.45) is 5.73 Å². The highest BCUT2D eigenvalue weighted by Gasteiger charge is 2.18. The van der Waals surface area contributed by atoms with Gasteiger partial charge in [-0.1, -0.05) is 0 Å². The first kappa shape index (κ1) is 16.3. The summed E-state index contributed by atoms with van der Waals surface area (Å²) in [5.74, 6) is 0.259. The van der Waals surface area contributed by atoms with Gasteiger partial charge in [0.05, 0.1) is 13.0 Å². The van der Waals surface area contributed by atoms with Crippen LogP contribution in [0.1, 0.15) is 45.7 Å². The fourth-order valence-corrected chi connectivity index (χ4v) is 1.76. The van der Waals surface area contributed by atoms with Gasteiger partial charge in [-0.2, -0.15) is 0 Å². The van der Waals surface area contributed by atoms with E-state index in [0.717, 1.165) is 0 Å². The smallest absolute Gasteiger partial charge is 0.307 e. The van der Waals surface area contributed by atoms with Crippen LogP contribution in [0.3, 0.4) is 0 Å². The summed E-state index contributed by atoms with van der Waals surface area (Å²) in [6.45, 7) is 7.83. The summed E-state index contributed by atoms with van der Waals surface area (Å²) in [5, 5.41) is 9.86. The zero-order valence-electron chi connectivity index (χ0n) is 12.5. The number of hydrogen-bond acceptors (Lipinski definition) is 5. The van der Waals surface area contributed by atoms with E-state index in [1.165, 1.54) is 6.07 Å². The van der Waals surface area contributed by atoms with Crippen molar-refractivity contribution >= 4 is 5.97 Å². The van der Waals surface area contributed by atoms with Crippen LogP contribution in [-0.4, -0.2) is 23.3 Å². The first-order chi connectivity index (χ1) is 9.23. The third-order valence-electron chi connectivity index (χ3n) is 2.51. The van der Waals surface area contributed by atoms with Crippen molar-refractivity contribution in [3.05, 3.63) is 23.8 Å². The maximum Gasteiger partial charge on any atom is 0.307 e. The fraction of sp³-hybridized carbons (Fsp3) is 0.533. The van der Waals surface area contributed by atoms with Crippen LogP contribution in [0.15, 0.2) is 18.2 Å². The van der Waals surface area contributed by atoms with Gasteiger partial charge < -0.3 is 20.3 Å². The fourth-order valence-electron chi connectivity index (χ4n) is 1.76. The van der Waals surface area contributed by atoms with Gasteiger partial charge in [0.1, 0.15) is 17.1 Å². The van der Waals surface area contributed by atoms with E-state index in [0.29, 0.717) is 17.9 Å². The van der Waals surface area contributed by atoms with E-state index in [1.54, 1.807) is 19.1 Å². The summed E-state index contributed by atoms with van der Waals surface area (Å²) in [7, 11) is 0. The largest absolute Gasteiger partial charge is 0.508 e. The van der Waals surface area contributed by atoms with E-state index < -0.39 is 6.04 Å². The lowest BCUT2D eigenvalue weighted by atomic mass is 10.0. The topological polar surface area (TPSA) is 81.8 Å². The molecule has 3 N–H and O–H groups in total. The van der Waals surface area contributed by atoms with Crippen molar-refractivity contribution in [3.8, 4) is 11.5 Å². The Morgan fingerprint density at radius 2 is 2.05 bits per heavy atom. The predicted octanol–water partition coefficient (Wildman–Crippen LogP) is 2.52. The van der Waals surface area contributed by atoms with Crippen molar-refractivity contribution in [2.45, 2.75) is 45.8 Å². The lowest BCUT2D eigenvalue weighted by Crippen LogP contribution is -2.23. The molecule has 0 heterocycles. The summed E-state index contributed by atoms with van der Waals surface area (Å²) in [4.78, 5) is 11.4. The van der Waals surface area contributed by atoms with E-state index in [1.807, 2.05) is 20.8 Å². The molecule has 0 fully saturated rings. The number of benzene rings is 1. The minimum atomic E-state index is -0.627. The average Bonchev–Trinajstić information content (AvgIpc) is 2.30. The van der Waals surface area contributed by atoms with Gasteiger partial charge in [0.25, 0.3) is 0 Å². The summed E-state index contributed by atoms with van der Waals surface area (Å²) < 4.78 is 10.6. The third-order valence-corrected chi connectivity index (χ3v) is 2.51. The summed E-state index contributed by atoms with van der Waals surface area (Å²) in [6, 6.07) is 4.21. The first-order valence-corrected chi connectivity index (χ1v) is 6.66. The second-order valence-corrected chi connectivity index (χ2v) is 5.55. The van der Waals surface area contributed by atoms with E-state index in [-0.39, 0.29) is 23.7 Å². The SMILES string of the molecule is CCOC(=O)C[C@@H](N)c1cc(OC(C)(C)C)ccc1O. The average molecular weight is 281 g/mol. The van der Waals surface area contributed by atoms with Gasteiger partial charge in [-0.05, 0) is 45.9 Å². The molecule has 0 aromatic heterocycles. The molecule has 0 radical (unpaired) electrons. The minimum Gasteiger partial charge on any atom is -0.508 e. The number of ether oxygens (including phenoxy) is 2. The monoisotopic (exact) mass is 281 g/mol. The highest BCUT2D eigenvalue weighted by molar-refractivity contribution is 5.70. The molecule has 1 aromatic carbocycles. The van der Waals surface area contributed by atoms with Gasteiger partial charge in [-0.3, -0.25) is 4.79 Å². The van der Waals surface area contributed by atoms with Crippen LogP contribution in [0, 0.1) is 0 Å². The number of phenols is 1. The Kier molecular flexibility index (Phi) is 5.39. The second kappa shape index (κ2) is 6.61. The van der Waals surface area contributed by atoms with Crippen molar-refractivity contribution < 1.29 is 19.4 Å². The van der Waals surface area contributed by atoms with Gasteiger partial charge in [-0.25, -0.2) is 0 Å². The molecule has 20 heavy (non-hydrogen) atoms. The predicted molar refractivity (Wildman–Crippen MR) is 76.7 cm³/mol. The molecule has 0 saturated carbocycles. The van der Waals surface area contributed by atoms with E-state index in [2.05, 4.69) is 0 Å². The van der Waals surface area contributed by atoms with E-state index in [4.69, 9.17) is 15.2 Å². The quantitative estimate of drug-likeness (QED) is 0.810. The van der Waals surface area contributed by atoms with Crippen LogP contribution in [0.25, 0.3) is 0 Å². The molecular weight excluding hydrogens is 258 g/mol. The molecule has 0 amide bonds. The molecule has 0 bridgehead atoms. The van der Waals surface area contributed by atoms with Gasteiger partial charge >= 0.3 is 5.97 Å². The normalized spacial score (nSPS) is 12.8. The highest BCUT2D eigenvalue weighted by Crippen LogP contribution is 2.30. The molecular formula is C15H23NO4.